The van der Waals surface area contributed by atoms with Gasteiger partial charge in [0.25, 0.3) is 0 Å². The second-order valence-electron chi connectivity index (χ2n) is 4.06. The maximum absolute atomic E-state index is 10.3. The summed E-state index contributed by atoms with van der Waals surface area (Å²) in [5.74, 6) is 0. The van der Waals surface area contributed by atoms with Crippen LogP contribution < -0.4 is 5.32 Å². The highest BCUT2D eigenvalue weighted by Crippen LogP contribution is 2.28. The molecule has 0 heterocycles. The fourth-order valence-electron chi connectivity index (χ4n) is 1.33. The molecule has 0 fully saturated rings. The highest BCUT2D eigenvalue weighted by molar-refractivity contribution is 5.74. The fourth-order valence-corrected chi connectivity index (χ4v) is 1.33. The Morgan fingerprint density at radius 2 is 1.85 bits per heavy atom. The first-order chi connectivity index (χ1) is 6.05. The SMILES string of the molecule is CC(C)(C)c1ccccc1NC=O. The Bertz CT molecular complexity index is 299. The number of carbonyl (C=O) groups is 1. The van der Waals surface area contributed by atoms with Gasteiger partial charge < -0.3 is 5.32 Å². The number of carbonyl (C=O) groups excluding carboxylic acids is 1. The van der Waals surface area contributed by atoms with Gasteiger partial charge in [0.2, 0.25) is 6.41 Å². The average Bonchev–Trinajstić information content (AvgIpc) is 2.04. The summed E-state index contributed by atoms with van der Waals surface area (Å²) in [6.07, 6.45) is 0.713. The van der Waals surface area contributed by atoms with Gasteiger partial charge in [-0.25, -0.2) is 0 Å². The molecule has 0 spiro atoms. The molecule has 0 atom stereocenters. The molecule has 1 aromatic carbocycles. The van der Waals surface area contributed by atoms with Gasteiger partial charge in [0.15, 0.2) is 0 Å². The summed E-state index contributed by atoms with van der Waals surface area (Å²) in [5.41, 5.74) is 2.11. The fraction of sp³-hybridized carbons (Fsp3) is 0.364. The summed E-state index contributed by atoms with van der Waals surface area (Å²) in [6, 6.07) is 7.85. The van der Waals surface area contributed by atoms with Gasteiger partial charge in [-0.1, -0.05) is 39.0 Å². The van der Waals surface area contributed by atoms with Crippen LogP contribution in [0.1, 0.15) is 26.3 Å². The van der Waals surface area contributed by atoms with Gasteiger partial charge in [-0.05, 0) is 17.0 Å². The van der Waals surface area contributed by atoms with Gasteiger partial charge in [-0.3, -0.25) is 4.79 Å². The van der Waals surface area contributed by atoms with Gasteiger partial charge in [0.05, 0.1) is 0 Å². The third-order valence-electron chi connectivity index (χ3n) is 1.95. The van der Waals surface area contributed by atoms with E-state index in [4.69, 9.17) is 0 Å². The zero-order valence-corrected chi connectivity index (χ0v) is 8.29. The first-order valence-corrected chi connectivity index (χ1v) is 4.35. The van der Waals surface area contributed by atoms with Gasteiger partial charge >= 0.3 is 0 Å². The summed E-state index contributed by atoms with van der Waals surface area (Å²) in [7, 11) is 0. The molecule has 0 aliphatic heterocycles. The van der Waals surface area contributed by atoms with Crippen molar-refractivity contribution < 1.29 is 4.79 Å². The average molecular weight is 177 g/mol. The van der Waals surface area contributed by atoms with E-state index in [2.05, 4.69) is 26.1 Å². The number of benzene rings is 1. The zero-order chi connectivity index (χ0) is 9.90. The van der Waals surface area contributed by atoms with Crippen LogP contribution in [0.15, 0.2) is 24.3 Å². The maximum Gasteiger partial charge on any atom is 0.211 e. The Balaban J connectivity index is 3.11. The normalized spacial score (nSPS) is 11.0. The molecule has 0 saturated carbocycles. The van der Waals surface area contributed by atoms with E-state index in [9.17, 15) is 4.79 Å². The van der Waals surface area contributed by atoms with Crippen molar-refractivity contribution in [2.45, 2.75) is 26.2 Å². The van der Waals surface area contributed by atoms with Crippen molar-refractivity contribution in [3.63, 3.8) is 0 Å². The lowest BCUT2D eigenvalue weighted by Gasteiger charge is -2.21. The molecule has 0 radical (unpaired) electrons. The van der Waals surface area contributed by atoms with Crippen LogP contribution in [-0.4, -0.2) is 6.41 Å². The predicted octanol–water partition coefficient (Wildman–Crippen LogP) is 2.55. The minimum absolute atomic E-state index is 0.0621. The Labute approximate surface area is 79.0 Å². The van der Waals surface area contributed by atoms with E-state index >= 15 is 0 Å². The van der Waals surface area contributed by atoms with Crippen LogP contribution in [0.5, 0.6) is 0 Å². The molecular formula is C11H15NO. The van der Waals surface area contributed by atoms with E-state index in [1.54, 1.807) is 0 Å². The number of nitrogens with one attached hydrogen (secondary N) is 1. The molecule has 1 amide bonds. The van der Waals surface area contributed by atoms with Crippen molar-refractivity contribution in [2.24, 2.45) is 0 Å². The minimum Gasteiger partial charge on any atom is -0.328 e. The van der Waals surface area contributed by atoms with Crippen LogP contribution in [0.4, 0.5) is 5.69 Å². The number of para-hydroxylation sites is 1. The molecule has 1 N–H and O–H groups in total. The molecule has 0 aliphatic rings. The largest absolute Gasteiger partial charge is 0.328 e. The van der Waals surface area contributed by atoms with E-state index in [1.165, 1.54) is 0 Å². The lowest BCUT2D eigenvalue weighted by Crippen LogP contribution is -2.14. The van der Waals surface area contributed by atoms with E-state index < -0.39 is 0 Å². The first-order valence-electron chi connectivity index (χ1n) is 4.35. The number of anilines is 1. The standard InChI is InChI=1S/C11H15NO/c1-11(2,3)9-6-4-5-7-10(9)12-8-13/h4-8H,1-3H3,(H,12,13). The smallest absolute Gasteiger partial charge is 0.211 e. The van der Waals surface area contributed by atoms with Crippen LogP contribution in [0.3, 0.4) is 0 Å². The van der Waals surface area contributed by atoms with Crippen LogP contribution in [0.2, 0.25) is 0 Å². The Morgan fingerprint density at radius 1 is 1.23 bits per heavy atom. The molecule has 0 saturated heterocycles. The van der Waals surface area contributed by atoms with Crippen molar-refractivity contribution in [1.82, 2.24) is 0 Å². The van der Waals surface area contributed by atoms with Crippen molar-refractivity contribution in [3.8, 4) is 0 Å². The molecule has 13 heavy (non-hydrogen) atoms. The molecule has 2 nitrogen and oxygen atoms in total. The number of hydrogen-bond donors (Lipinski definition) is 1. The number of rotatable bonds is 2. The molecule has 70 valence electrons. The van der Waals surface area contributed by atoms with E-state index in [0.29, 0.717) is 6.41 Å². The number of amides is 1. The zero-order valence-electron chi connectivity index (χ0n) is 8.29. The Kier molecular flexibility index (Phi) is 2.71. The summed E-state index contributed by atoms with van der Waals surface area (Å²) < 4.78 is 0. The molecular weight excluding hydrogens is 162 g/mol. The van der Waals surface area contributed by atoms with Gasteiger partial charge in [-0.2, -0.15) is 0 Å². The summed E-state index contributed by atoms with van der Waals surface area (Å²) in [4.78, 5) is 10.3. The summed E-state index contributed by atoms with van der Waals surface area (Å²) >= 11 is 0. The molecule has 1 aromatic rings. The molecule has 0 unspecified atom stereocenters. The first kappa shape index (κ1) is 9.78. The molecule has 2 heteroatoms. The second-order valence-corrected chi connectivity index (χ2v) is 4.06. The molecule has 0 aliphatic carbocycles. The Hall–Kier alpha value is -1.31. The monoisotopic (exact) mass is 177 g/mol. The lowest BCUT2D eigenvalue weighted by molar-refractivity contribution is -0.105. The highest BCUT2D eigenvalue weighted by Gasteiger charge is 2.16. The summed E-state index contributed by atoms with van der Waals surface area (Å²) in [6.45, 7) is 6.37. The third kappa shape index (κ3) is 2.31. The van der Waals surface area contributed by atoms with Crippen molar-refractivity contribution >= 4 is 12.1 Å². The van der Waals surface area contributed by atoms with E-state index in [1.807, 2.05) is 24.3 Å². The maximum atomic E-state index is 10.3. The Morgan fingerprint density at radius 3 is 2.38 bits per heavy atom. The topological polar surface area (TPSA) is 29.1 Å². The highest BCUT2D eigenvalue weighted by atomic mass is 16.1. The summed E-state index contributed by atoms with van der Waals surface area (Å²) in [5, 5.41) is 2.70. The van der Waals surface area contributed by atoms with Gasteiger partial charge in [-0.15, -0.1) is 0 Å². The molecule has 0 aromatic heterocycles. The van der Waals surface area contributed by atoms with E-state index in [0.717, 1.165) is 11.3 Å². The van der Waals surface area contributed by atoms with Crippen molar-refractivity contribution in [3.05, 3.63) is 29.8 Å². The van der Waals surface area contributed by atoms with E-state index in [-0.39, 0.29) is 5.41 Å². The molecule has 0 bridgehead atoms. The van der Waals surface area contributed by atoms with Gasteiger partial charge in [0.1, 0.15) is 0 Å². The lowest BCUT2D eigenvalue weighted by atomic mass is 9.86. The minimum atomic E-state index is 0.0621. The third-order valence-corrected chi connectivity index (χ3v) is 1.95. The van der Waals surface area contributed by atoms with Crippen LogP contribution in [0.25, 0.3) is 0 Å². The van der Waals surface area contributed by atoms with Crippen molar-refractivity contribution in [1.29, 1.82) is 0 Å². The predicted molar refractivity (Wildman–Crippen MR) is 54.8 cm³/mol. The molecule has 1 rings (SSSR count). The van der Waals surface area contributed by atoms with Gasteiger partial charge in [0, 0.05) is 5.69 Å². The number of hydrogen-bond acceptors (Lipinski definition) is 1. The van der Waals surface area contributed by atoms with Crippen LogP contribution >= 0.6 is 0 Å². The van der Waals surface area contributed by atoms with Crippen molar-refractivity contribution in [2.75, 3.05) is 5.32 Å². The quantitative estimate of drug-likeness (QED) is 0.691. The van der Waals surface area contributed by atoms with Crippen LogP contribution in [-0.2, 0) is 10.2 Å². The van der Waals surface area contributed by atoms with Crippen LogP contribution in [0, 0.1) is 0 Å². The second kappa shape index (κ2) is 3.60.